The lowest BCUT2D eigenvalue weighted by molar-refractivity contribution is 0.0357. The first-order valence-electron chi connectivity index (χ1n) is 13.6. The molecule has 6 rings (SSSR count). The number of morpholine rings is 1. The molecule has 38 heavy (non-hydrogen) atoms. The van der Waals surface area contributed by atoms with Gasteiger partial charge in [-0.3, -0.25) is 14.6 Å². The molecule has 3 aromatic rings. The van der Waals surface area contributed by atoms with E-state index in [1.54, 1.807) is 6.07 Å². The largest absolute Gasteiger partial charge is 0.493 e. The first kappa shape index (κ1) is 25.0. The summed E-state index contributed by atoms with van der Waals surface area (Å²) in [4.78, 5) is 20.2. The van der Waals surface area contributed by atoms with E-state index in [1.807, 2.05) is 4.90 Å². The monoisotopic (exact) mass is 515 g/mol. The highest BCUT2D eigenvalue weighted by Gasteiger charge is 2.35. The lowest BCUT2D eigenvalue weighted by Gasteiger charge is -2.39. The Labute approximate surface area is 223 Å². The highest BCUT2D eigenvalue weighted by molar-refractivity contribution is 5.97. The van der Waals surface area contributed by atoms with Crippen LogP contribution < -0.4 is 4.74 Å². The first-order valence-corrected chi connectivity index (χ1v) is 13.6. The Morgan fingerprint density at radius 3 is 2.21 bits per heavy atom. The van der Waals surface area contributed by atoms with E-state index in [1.165, 1.54) is 34.4 Å². The number of fused-ring (bicyclic) bond motifs is 3. The molecule has 2 fully saturated rings. The number of piperazine rings is 1. The fourth-order valence-electron chi connectivity index (χ4n) is 5.97. The van der Waals surface area contributed by atoms with E-state index in [9.17, 15) is 9.18 Å². The molecule has 0 atom stereocenters. The Balaban J connectivity index is 1.10. The highest BCUT2D eigenvalue weighted by atomic mass is 19.1. The predicted molar refractivity (Wildman–Crippen MR) is 145 cm³/mol. The lowest BCUT2D eigenvalue weighted by atomic mass is 10.0. The fraction of sp³-hybridized carbons (Fsp3) is 0.387. The number of rotatable bonds is 7. The van der Waals surface area contributed by atoms with Crippen LogP contribution >= 0.6 is 0 Å². The number of amides is 1. The molecule has 0 unspecified atom stereocenters. The van der Waals surface area contributed by atoms with Crippen LogP contribution in [0.4, 0.5) is 4.39 Å². The molecule has 1 amide bonds. The molecule has 0 radical (unpaired) electrons. The van der Waals surface area contributed by atoms with Gasteiger partial charge in [0.15, 0.2) is 0 Å². The highest BCUT2D eigenvalue weighted by Crippen LogP contribution is 2.46. The Bertz CT molecular complexity index is 1240. The minimum Gasteiger partial charge on any atom is -0.493 e. The summed E-state index contributed by atoms with van der Waals surface area (Å²) in [6.07, 6.45) is 0.841. The van der Waals surface area contributed by atoms with Gasteiger partial charge in [0.05, 0.1) is 31.4 Å². The van der Waals surface area contributed by atoms with Crippen molar-refractivity contribution in [2.75, 3.05) is 65.6 Å². The van der Waals surface area contributed by atoms with E-state index in [-0.39, 0.29) is 11.9 Å². The summed E-state index contributed by atoms with van der Waals surface area (Å²) < 4.78 is 25.6. The third-order valence-corrected chi connectivity index (χ3v) is 7.92. The van der Waals surface area contributed by atoms with E-state index >= 15 is 0 Å². The van der Waals surface area contributed by atoms with Crippen LogP contribution in [-0.2, 0) is 4.74 Å². The van der Waals surface area contributed by atoms with Crippen LogP contribution in [0.5, 0.6) is 5.75 Å². The van der Waals surface area contributed by atoms with Crippen molar-refractivity contribution >= 4 is 5.91 Å². The van der Waals surface area contributed by atoms with E-state index < -0.39 is 5.82 Å². The van der Waals surface area contributed by atoms with Crippen molar-refractivity contribution in [2.24, 2.45) is 0 Å². The van der Waals surface area contributed by atoms with Crippen molar-refractivity contribution in [3.8, 4) is 16.9 Å². The molecular weight excluding hydrogens is 481 g/mol. The van der Waals surface area contributed by atoms with Gasteiger partial charge in [-0.1, -0.05) is 48.5 Å². The molecule has 6 nitrogen and oxygen atoms in total. The Morgan fingerprint density at radius 2 is 1.53 bits per heavy atom. The average Bonchev–Trinajstić information content (AvgIpc) is 3.31. The van der Waals surface area contributed by atoms with Crippen molar-refractivity contribution in [1.29, 1.82) is 0 Å². The molecular formula is C31H34FN3O3. The molecule has 198 valence electrons. The summed E-state index contributed by atoms with van der Waals surface area (Å²) in [5.41, 5.74) is 5.54. The number of ether oxygens (including phenoxy) is 2. The molecule has 0 aromatic heterocycles. The number of hydrogen-bond donors (Lipinski definition) is 0. The second-order valence-electron chi connectivity index (χ2n) is 10.2. The van der Waals surface area contributed by atoms with Crippen LogP contribution in [0.25, 0.3) is 11.1 Å². The average molecular weight is 516 g/mol. The van der Waals surface area contributed by atoms with E-state index in [0.717, 1.165) is 52.4 Å². The van der Waals surface area contributed by atoms with Crippen LogP contribution in [0.15, 0.2) is 66.7 Å². The second-order valence-corrected chi connectivity index (χ2v) is 10.2. The van der Waals surface area contributed by atoms with Gasteiger partial charge in [0, 0.05) is 45.8 Å². The van der Waals surface area contributed by atoms with E-state index in [0.29, 0.717) is 31.0 Å². The van der Waals surface area contributed by atoms with Gasteiger partial charge in [0.1, 0.15) is 11.6 Å². The molecule has 2 aliphatic heterocycles. The van der Waals surface area contributed by atoms with Crippen LogP contribution in [0.2, 0.25) is 0 Å². The van der Waals surface area contributed by atoms with Crippen molar-refractivity contribution in [2.45, 2.75) is 12.5 Å². The second kappa shape index (κ2) is 11.2. The zero-order chi connectivity index (χ0) is 25.9. The van der Waals surface area contributed by atoms with Gasteiger partial charge in [-0.25, -0.2) is 4.39 Å². The SMILES string of the molecule is O=C(c1cc(F)ccc1OCCCN1CCOCC1)N1CCN(C2c3ccccc3-c3ccccc32)CC1. The number of halogens is 1. The van der Waals surface area contributed by atoms with Crippen molar-refractivity contribution in [3.63, 3.8) is 0 Å². The summed E-state index contributed by atoms with van der Waals surface area (Å²) in [6.45, 7) is 7.50. The fourth-order valence-corrected chi connectivity index (χ4v) is 5.97. The Hall–Kier alpha value is -3.26. The smallest absolute Gasteiger partial charge is 0.257 e. The van der Waals surface area contributed by atoms with Crippen molar-refractivity contribution in [1.82, 2.24) is 14.7 Å². The third-order valence-electron chi connectivity index (χ3n) is 7.92. The predicted octanol–water partition coefficient (Wildman–Crippen LogP) is 4.45. The van der Waals surface area contributed by atoms with E-state index in [2.05, 4.69) is 58.3 Å². The Kier molecular flexibility index (Phi) is 7.40. The minimum absolute atomic E-state index is 0.167. The zero-order valence-electron chi connectivity index (χ0n) is 21.7. The van der Waals surface area contributed by atoms with Crippen LogP contribution in [0.1, 0.15) is 33.9 Å². The van der Waals surface area contributed by atoms with E-state index in [4.69, 9.17) is 9.47 Å². The van der Waals surface area contributed by atoms with Gasteiger partial charge in [-0.05, 0) is 46.9 Å². The molecule has 0 N–H and O–H groups in total. The Morgan fingerprint density at radius 1 is 0.868 bits per heavy atom. The topological polar surface area (TPSA) is 45.2 Å². The molecule has 3 aliphatic rings. The zero-order valence-corrected chi connectivity index (χ0v) is 21.7. The van der Waals surface area contributed by atoms with Gasteiger partial charge < -0.3 is 14.4 Å². The van der Waals surface area contributed by atoms with Crippen LogP contribution in [0.3, 0.4) is 0 Å². The number of benzene rings is 3. The third kappa shape index (κ3) is 5.06. The molecule has 0 bridgehead atoms. The molecule has 3 aromatic carbocycles. The standard InChI is InChI=1S/C31H34FN3O3/c32-23-10-11-29(38-19-5-12-33-17-20-37-21-18-33)28(22-23)31(36)35-15-13-34(14-16-35)30-26-8-3-1-6-24(26)25-7-2-4-9-27(25)30/h1-4,6-11,22,30H,5,12-21H2. The summed E-state index contributed by atoms with van der Waals surface area (Å²) in [5, 5.41) is 0. The van der Waals surface area contributed by atoms with Crippen molar-refractivity contribution < 1.29 is 18.7 Å². The van der Waals surface area contributed by atoms with Gasteiger partial charge in [0.2, 0.25) is 0 Å². The van der Waals surface area contributed by atoms with Gasteiger partial charge in [-0.15, -0.1) is 0 Å². The first-order chi connectivity index (χ1) is 18.7. The number of carbonyl (C=O) groups is 1. The molecule has 7 heteroatoms. The number of carbonyl (C=O) groups excluding carboxylic acids is 1. The molecule has 2 heterocycles. The summed E-state index contributed by atoms with van der Waals surface area (Å²) in [6, 6.07) is 21.7. The number of hydrogen-bond acceptors (Lipinski definition) is 5. The quantitative estimate of drug-likeness (QED) is 0.435. The molecule has 2 saturated heterocycles. The van der Waals surface area contributed by atoms with Crippen LogP contribution in [-0.4, -0.2) is 86.2 Å². The maximum atomic E-state index is 14.2. The summed E-state index contributed by atoms with van der Waals surface area (Å²) in [7, 11) is 0. The molecule has 0 saturated carbocycles. The lowest BCUT2D eigenvalue weighted by Crippen LogP contribution is -2.49. The molecule has 1 aliphatic carbocycles. The maximum absolute atomic E-state index is 14.2. The van der Waals surface area contributed by atoms with Crippen LogP contribution in [0, 0.1) is 5.82 Å². The van der Waals surface area contributed by atoms with Gasteiger partial charge >= 0.3 is 0 Å². The normalized spacial score (nSPS) is 18.3. The van der Waals surface area contributed by atoms with Gasteiger partial charge in [-0.2, -0.15) is 0 Å². The molecule has 0 spiro atoms. The summed E-state index contributed by atoms with van der Waals surface area (Å²) in [5.74, 6) is -0.133. The summed E-state index contributed by atoms with van der Waals surface area (Å²) >= 11 is 0. The van der Waals surface area contributed by atoms with Gasteiger partial charge in [0.25, 0.3) is 5.91 Å². The minimum atomic E-state index is -0.424. The maximum Gasteiger partial charge on any atom is 0.257 e. The van der Waals surface area contributed by atoms with Crippen molar-refractivity contribution in [3.05, 3.63) is 89.2 Å². The number of nitrogens with zero attached hydrogens (tertiary/aromatic N) is 3.